The standard InChI is InChI=1S/C18H18ClN3O3S/c1-12-7-8-13(2)16(11-12)26(23,24)20-10-9-17-21-18(22-25-17)14-5-3-4-6-15(14)19/h3-8,11,20H,9-10H2,1-2H3. The molecule has 0 unspecified atom stereocenters. The first-order valence-electron chi connectivity index (χ1n) is 8.01. The number of rotatable bonds is 6. The van der Waals surface area contributed by atoms with Gasteiger partial charge in [0.25, 0.3) is 0 Å². The molecule has 8 heteroatoms. The fourth-order valence-corrected chi connectivity index (χ4v) is 4.05. The summed E-state index contributed by atoms with van der Waals surface area (Å²) in [5, 5.41) is 4.42. The van der Waals surface area contributed by atoms with Crippen molar-refractivity contribution in [3.63, 3.8) is 0 Å². The van der Waals surface area contributed by atoms with E-state index in [0.717, 1.165) is 5.56 Å². The summed E-state index contributed by atoms with van der Waals surface area (Å²) in [7, 11) is -3.60. The van der Waals surface area contributed by atoms with Crippen LogP contribution in [0.2, 0.25) is 5.02 Å². The van der Waals surface area contributed by atoms with E-state index < -0.39 is 10.0 Å². The molecule has 1 heterocycles. The van der Waals surface area contributed by atoms with Crippen LogP contribution < -0.4 is 4.72 Å². The first kappa shape index (κ1) is 18.6. The Kier molecular flexibility index (Phi) is 5.41. The number of halogens is 1. The Morgan fingerprint density at radius 2 is 1.92 bits per heavy atom. The average Bonchev–Trinajstić information content (AvgIpc) is 3.06. The third-order valence-corrected chi connectivity index (χ3v) is 5.78. The molecular formula is C18H18ClN3O3S. The Morgan fingerprint density at radius 3 is 2.69 bits per heavy atom. The Balaban J connectivity index is 1.67. The van der Waals surface area contributed by atoms with Crippen LogP contribution in [0.1, 0.15) is 17.0 Å². The minimum Gasteiger partial charge on any atom is -0.339 e. The second kappa shape index (κ2) is 7.57. The molecule has 3 rings (SSSR count). The van der Waals surface area contributed by atoms with E-state index in [0.29, 0.717) is 27.9 Å². The van der Waals surface area contributed by atoms with Gasteiger partial charge in [-0.25, -0.2) is 13.1 Å². The quantitative estimate of drug-likeness (QED) is 0.694. The molecule has 0 aliphatic heterocycles. The van der Waals surface area contributed by atoms with Gasteiger partial charge in [-0.2, -0.15) is 4.98 Å². The predicted molar refractivity (Wildman–Crippen MR) is 99.6 cm³/mol. The van der Waals surface area contributed by atoms with Crippen LogP contribution >= 0.6 is 11.6 Å². The Labute approximate surface area is 157 Å². The van der Waals surface area contributed by atoms with Gasteiger partial charge >= 0.3 is 0 Å². The maximum atomic E-state index is 12.5. The second-order valence-electron chi connectivity index (χ2n) is 5.91. The molecule has 3 aromatic rings. The number of hydrogen-bond acceptors (Lipinski definition) is 5. The highest BCUT2D eigenvalue weighted by atomic mass is 35.5. The van der Waals surface area contributed by atoms with Gasteiger partial charge in [0.1, 0.15) is 0 Å². The summed E-state index contributed by atoms with van der Waals surface area (Å²) in [6.45, 7) is 3.77. The zero-order valence-electron chi connectivity index (χ0n) is 14.4. The molecule has 6 nitrogen and oxygen atoms in total. The molecule has 0 fully saturated rings. The van der Waals surface area contributed by atoms with Crippen molar-refractivity contribution in [3.8, 4) is 11.4 Å². The first-order chi connectivity index (χ1) is 12.4. The summed E-state index contributed by atoms with van der Waals surface area (Å²) >= 11 is 6.11. The average molecular weight is 392 g/mol. The molecule has 0 aliphatic rings. The van der Waals surface area contributed by atoms with E-state index in [-0.39, 0.29) is 17.9 Å². The predicted octanol–water partition coefficient (Wildman–Crippen LogP) is 3.53. The fraction of sp³-hybridized carbons (Fsp3) is 0.222. The molecule has 1 aromatic heterocycles. The van der Waals surface area contributed by atoms with Crippen molar-refractivity contribution in [2.45, 2.75) is 25.2 Å². The van der Waals surface area contributed by atoms with Gasteiger partial charge in [-0.15, -0.1) is 0 Å². The Morgan fingerprint density at radius 1 is 1.15 bits per heavy atom. The summed E-state index contributed by atoms with van der Waals surface area (Å²) in [6.07, 6.45) is 0.279. The van der Waals surface area contributed by atoms with E-state index in [4.69, 9.17) is 16.1 Å². The molecule has 2 aromatic carbocycles. The summed E-state index contributed by atoms with van der Waals surface area (Å²) in [4.78, 5) is 4.55. The van der Waals surface area contributed by atoms with E-state index in [2.05, 4.69) is 14.9 Å². The number of hydrogen-bond donors (Lipinski definition) is 1. The Hall–Kier alpha value is -2.22. The highest BCUT2D eigenvalue weighted by molar-refractivity contribution is 7.89. The van der Waals surface area contributed by atoms with Gasteiger partial charge in [0.15, 0.2) is 0 Å². The highest BCUT2D eigenvalue weighted by Gasteiger charge is 2.17. The number of aromatic nitrogens is 2. The molecule has 0 spiro atoms. The summed E-state index contributed by atoms with van der Waals surface area (Å²) in [6, 6.07) is 12.5. The minimum atomic E-state index is -3.60. The maximum Gasteiger partial charge on any atom is 0.240 e. The van der Waals surface area contributed by atoms with Crippen molar-refractivity contribution in [2.75, 3.05) is 6.54 Å². The van der Waals surface area contributed by atoms with Crippen LogP contribution in [0.3, 0.4) is 0 Å². The van der Waals surface area contributed by atoms with Crippen molar-refractivity contribution in [1.82, 2.24) is 14.9 Å². The SMILES string of the molecule is Cc1ccc(C)c(S(=O)(=O)NCCc2nc(-c3ccccc3Cl)no2)c1. The van der Waals surface area contributed by atoms with Crippen LogP contribution in [-0.2, 0) is 16.4 Å². The van der Waals surface area contributed by atoms with Crippen molar-refractivity contribution in [3.05, 3.63) is 64.5 Å². The number of nitrogens with one attached hydrogen (secondary N) is 1. The normalized spacial score (nSPS) is 11.7. The molecule has 0 aliphatic carbocycles. The highest BCUT2D eigenvalue weighted by Crippen LogP contribution is 2.24. The van der Waals surface area contributed by atoms with E-state index in [1.54, 1.807) is 31.2 Å². The van der Waals surface area contributed by atoms with E-state index >= 15 is 0 Å². The molecule has 26 heavy (non-hydrogen) atoms. The summed E-state index contributed by atoms with van der Waals surface area (Å²) < 4.78 is 32.7. The molecule has 0 bridgehead atoms. The first-order valence-corrected chi connectivity index (χ1v) is 9.87. The molecule has 0 atom stereocenters. The third-order valence-electron chi connectivity index (χ3n) is 3.85. The lowest BCUT2D eigenvalue weighted by molar-refractivity contribution is 0.379. The van der Waals surface area contributed by atoms with Gasteiger partial charge in [-0.3, -0.25) is 0 Å². The zero-order chi connectivity index (χ0) is 18.7. The van der Waals surface area contributed by atoms with E-state index in [9.17, 15) is 8.42 Å². The smallest absolute Gasteiger partial charge is 0.240 e. The van der Waals surface area contributed by atoms with Crippen molar-refractivity contribution in [1.29, 1.82) is 0 Å². The number of sulfonamides is 1. The van der Waals surface area contributed by atoms with Crippen LogP contribution in [0.5, 0.6) is 0 Å². The lowest BCUT2D eigenvalue weighted by atomic mass is 10.2. The van der Waals surface area contributed by atoms with Gasteiger partial charge in [0.2, 0.25) is 21.7 Å². The number of aryl methyl sites for hydroxylation is 2. The van der Waals surface area contributed by atoms with Crippen LogP contribution in [0.15, 0.2) is 51.9 Å². The Bertz CT molecular complexity index is 1030. The molecule has 136 valence electrons. The summed E-state index contributed by atoms with van der Waals surface area (Å²) in [5.74, 6) is 0.714. The van der Waals surface area contributed by atoms with Gasteiger partial charge in [-0.05, 0) is 43.2 Å². The topological polar surface area (TPSA) is 85.1 Å². The van der Waals surface area contributed by atoms with Crippen LogP contribution in [0.4, 0.5) is 0 Å². The lowest BCUT2D eigenvalue weighted by Crippen LogP contribution is -2.26. The second-order valence-corrected chi connectivity index (χ2v) is 8.05. The summed E-state index contributed by atoms with van der Waals surface area (Å²) in [5.41, 5.74) is 2.25. The number of nitrogens with zero attached hydrogens (tertiary/aromatic N) is 2. The van der Waals surface area contributed by atoms with Gasteiger partial charge in [-0.1, -0.05) is 41.0 Å². The molecule has 0 saturated carbocycles. The maximum absolute atomic E-state index is 12.5. The molecular weight excluding hydrogens is 374 g/mol. The van der Waals surface area contributed by atoms with Gasteiger partial charge in [0.05, 0.1) is 9.92 Å². The van der Waals surface area contributed by atoms with Crippen LogP contribution in [0, 0.1) is 13.8 Å². The van der Waals surface area contributed by atoms with Gasteiger partial charge < -0.3 is 4.52 Å². The molecule has 0 saturated heterocycles. The van der Waals surface area contributed by atoms with Gasteiger partial charge in [0, 0.05) is 18.5 Å². The van der Waals surface area contributed by atoms with Crippen LogP contribution in [-0.4, -0.2) is 25.1 Å². The zero-order valence-corrected chi connectivity index (χ0v) is 15.9. The molecule has 0 radical (unpaired) electrons. The van der Waals surface area contributed by atoms with Crippen molar-refractivity contribution < 1.29 is 12.9 Å². The lowest BCUT2D eigenvalue weighted by Gasteiger charge is -2.09. The number of benzene rings is 2. The molecule has 0 amide bonds. The van der Waals surface area contributed by atoms with Crippen molar-refractivity contribution in [2.24, 2.45) is 0 Å². The van der Waals surface area contributed by atoms with E-state index in [1.165, 1.54) is 0 Å². The molecule has 1 N–H and O–H groups in total. The van der Waals surface area contributed by atoms with Crippen molar-refractivity contribution >= 4 is 21.6 Å². The monoisotopic (exact) mass is 391 g/mol. The fourth-order valence-electron chi connectivity index (χ4n) is 2.48. The van der Waals surface area contributed by atoms with E-state index in [1.807, 2.05) is 25.1 Å². The largest absolute Gasteiger partial charge is 0.339 e. The van der Waals surface area contributed by atoms with Crippen LogP contribution in [0.25, 0.3) is 11.4 Å². The third kappa shape index (κ3) is 4.12. The minimum absolute atomic E-state index is 0.153.